The highest BCUT2D eigenvalue weighted by Gasteiger charge is 2.30. The lowest BCUT2D eigenvalue weighted by atomic mass is 10.1. The third kappa shape index (κ3) is 4.11. The van der Waals surface area contributed by atoms with Gasteiger partial charge in [0.15, 0.2) is 5.65 Å². The molecule has 182 valence electrons. The number of hydrogen-bond donors (Lipinski definition) is 1. The van der Waals surface area contributed by atoms with Crippen LogP contribution in [-0.4, -0.2) is 25.4 Å². The SMILES string of the molecule is Cc1scc2c1c(=O)n(-c1ccc(C(F)(F)F)cc1)c1ncc(C(=O)N[C@@H](C)c3ccccn3)nc21. The van der Waals surface area contributed by atoms with E-state index in [0.717, 1.165) is 17.0 Å². The number of nitrogens with one attached hydrogen (secondary N) is 1. The van der Waals surface area contributed by atoms with E-state index >= 15 is 0 Å². The van der Waals surface area contributed by atoms with Gasteiger partial charge < -0.3 is 5.32 Å². The predicted molar refractivity (Wildman–Crippen MR) is 130 cm³/mol. The lowest BCUT2D eigenvalue weighted by Crippen LogP contribution is -2.28. The third-order valence-electron chi connectivity index (χ3n) is 5.78. The minimum absolute atomic E-state index is 0.0352. The van der Waals surface area contributed by atoms with E-state index in [1.807, 2.05) is 6.07 Å². The second-order valence-corrected chi connectivity index (χ2v) is 9.23. The van der Waals surface area contributed by atoms with Gasteiger partial charge in [0.25, 0.3) is 11.5 Å². The van der Waals surface area contributed by atoms with Crippen molar-refractivity contribution in [1.29, 1.82) is 0 Å². The van der Waals surface area contributed by atoms with Crippen LogP contribution in [0.5, 0.6) is 0 Å². The smallest absolute Gasteiger partial charge is 0.343 e. The van der Waals surface area contributed by atoms with Crippen LogP contribution in [0.15, 0.2) is 65.0 Å². The fraction of sp³-hybridized carbons (Fsp3) is 0.160. The van der Waals surface area contributed by atoms with Crippen LogP contribution in [0.2, 0.25) is 0 Å². The first-order valence-electron chi connectivity index (χ1n) is 10.8. The maximum absolute atomic E-state index is 13.4. The maximum Gasteiger partial charge on any atom is 0.416 e. The Labute approximate surface area is 206 Å². The highest BCUT2D eigenvalue weighted by molar-refractivity contribution is 7.11. The van der Waals surface area contributed by atoms with E-state index in [-0.39, 0.29) is 23.1 Å². The van der Waals surface area contributed by atoms with Crippen molar-refractivity contribution in [2.45, 2.75) is 26.1 Å². The molecule has 5 rings (SSSR count). The molecule has 0 bridgehead atoms. The normalized spacial score (nSPS) is 12.7. The number of benzene rings is 1. The molecule has 1 N–H and O–H groups in total. The van der Waals surface area contributed by atoms with Gasteiger partial charge in [-0.2, -0.15) is 13.2 Å². The number of rotatable bonds is 4. The molecule has 1 aromatic carbocycles. The molecule has 4 heterocycles. The van der Waals surface area contributed by atoms with E-state index < -0.39 is 23.2 Å². The standard InChI is InChI=1S/C25H18F3N5O2S/c1-13(18-5-3-4-10-29-18)31-23(34)19-11-30-22-21(32-19)17-12-36-14(2)20(17)24(35)33(22)16-8-6-15(7-9-16)25(26,27)28/h3-13H,1-2H3,(H,31,34)/t13-/m0/s1. The first kappa shape index (κ1) is 23.6. The van der Waals surface area contributed by atoms with Crippen molar-refractivity contribution < 1.29 is 18.0 Å². The molecule has 0 aliphatic heterocycles. The number of carbonyl (C=O) groups excluding carboxylic acids is 1. The van der Waals surface area contributed by atoms with Crippen LogP contribution in [0.1, 0.15) is 39.6 Å². The van der Waals surface area contributed by atoms with Gasteiger partial charge in [-0.05, 0) is 50.2 Å². The number of nitrogens with zero attached hydrogens (tertiary/aromatic N) is 4. The van der Waals surface area contributed by atoms with Crippen LogP contribution in [-0.2, 0) is 6.18 Å². The highest BCUT2D eigenvalue weighted by Crippen LogP contribution is 2.31. The second kappa shape index (κ2) is 8.83. The second-order valence-electron chi connectivity index (χ2n) is 8.14. The molecular formula is C25H18F3N5O2S. The van der Waals surface area contributed by atoms with Gasteiger partial charge in [0.1, 0.15) is 11.2 Å². The number of thiophene rings is 1. The molecular weight excluding hydrogens is 491 g/mol. The molecule has 0 radical (unpaired) electrons. The monoisotopic (exact) mass is 509 g/mol. The Bertz CT molecular complexity index is 1660. The Hall–Kier alpha value is -4.12. The van der Waals surface area contributed by atoms with Crippen LogP contribution >= 0.6 is 11.3 Å². The Kier molecular flexibility index (Phi) is 5.79. The van der Waals surface area contributed by atoms with Crippen molar-refractivity contribution in [3.63, 3.8) is 0 Å². The zero-order valence-corrected chi connectivity index (χ0v) is 19.8. The van der Waals surface area contributed by atoms with Crippen LogP contribution < -0.4 is 10.9 Å². The summed E-state index contributed by atoms with van der Waals surface area (Å²) in [6.07, 6.45) is -1.63. The molecule has 5 aromatic rings. The summed E-state index contributed by atoms with van der Waals surface area (Å²) >= 11 is 1.34. The number of aromatic nitrogens is 4. The molecule has 36 heavy (non-hydrogen) atoms. The molecule has 0 spiro atoms. The summed E-state index contributed by atoms with van der Waals surface area (Å²) < 4.78 is 40.4. The van der Waals surface area contributed by atoms with E-state index in [1.54, 1.807) is 37.6 Å². The predicted octanol–water partition coefficient (Wildman–Crippen LogP) is 5.21. The molecule has 7 nitrogen and oxygen atoms in total. The van der Waals surface area contributed by atoms with Crippen molar-refractivity contribution in [3.05, 3.63) is 92.4 Å². The number of amides is 1. The van der Waals surface area contributed by atoms with Crippen LogP contribution in [0.4, 0.5) is 13.2 Å². The van der Waals surface area contributed by atoms with Gasteiger partial charge in [-0.15, -0.1) is 11.3 Å². The van der Waals surface area contributed by atoms with Gasteiger partial charge in [0.2, 0.25) is 0 Å². The average Bonchev–Trinajstić information content (AvgIpc) is 3.26. The van der Waals surface area contributed by atoms with Gasteiger partial charge >= 0.3 is 6.18 Å². The molecule has 0 fully saturated rings. The van der Waals surface area contributed by atoms with Crippen LogP contribution in [0, 0.1) is 6.92 Å². The first-order valence-corrected chi connectivity index (χ1v) is 11.7. The summed E-state index contributed by atoms with van der Waals surface area (Å²) in [7, 11) is 0. The molecule has 0 saturated carbocycles. The van der Waals surface area contributed by atoms with Crippen molar-refractivity contribution in [3.8, 4) is 5.69 Å². The van der Waals surface area contributed by atoms with Crippen LogP contribution in [0.3, 0.4) is 0 Å². The lowest BCUT2D eigenvalue weighted by molar-refractivity contribution is -0.137. The Morgan fingerprint density at radius 3 is 2.53 bits per heavy atom. The molecule has 0 aliphatic rings. The minimum atomic E-state index is -4.51. The zero-order valence-electron chi connectivity index (χ0n) is 19.0. The summed E-state index contributed by atoms with van der Waals surface area (Å²) in [6.45, 7) is 3.56. The number of alkyl halides is 3. The first-order chi connectivity index (χ1) is 17.1. The van der Waals surface area contributed by atoms with Crippen molar-refractivity contribution in [2.75, 3.05) is 0 Å². The molecule has 0 unspecified atom stereocenters. The van der Waals surface area contributed by atoms with E-state index in [9.17, 15) is 22.8 Å². The van der Waals surface area contributed by atoms with E-state index in [4.69, 9.17) is 0 Å². The number of aryl methyl sites for hydroxylation is 1. The minimum Gasteiger partial charge on any atom is -0.343 e. The average molecular weight is 510 g/mol. The van der Waals surface area contributed by atoms with Gasteiger partial charge in [-0.1, -0.05) is 6.07 Å². The van der Waals surface area contributed by atoms with Gasteiger partial charge in [0, 0.05) is 21.8 Å². The molecule has 1 amide bonds. The van der Waals surface area contributed by atoms with Gasteiger partial charge in [-0.25, -0.2) is 9.97 Å². The lowest BCUT2D eigenvalue weighted by Gasteiger charge is -2.14. The number of hydrogen-bond acceptors (Lipinski definition) is 6. The van der Waals surface area contributed by atoms with E-state index in [2.05, 4.69) is 20.3 Å². The highest BCUT2D eigenvalue weighted by atomic mass is 32.1. The topological polar surface area (TPSA) is 89.8 Å². The fourth-order valence-electron chi connectivity index (χ4n) is 3.95. The summed E-state index contributed by atoms with van der Waals surface area (Å²) in [5.41, 5.74) is 0.0986. The largest absolute Gasteiger partial charge is 0.416 e. The Morgan fingerprint density at radius 2 is 1.86 bits per heavy atom. The Balaban J connectivity index is 1.64. The van der Waals surface area contributed by atoms with Crippen molar-refractivity contribution in [1.82, 2.24) is 24.8 Å². The quantitative estimate of drug-likeness (QED) is 0.359. The molecule has 1 atom stereocenters. The van der Waals surface area contributed by atoms with Crippen molar-refractivity contribution >= 4 is 39.2 Å². The molecule has 11 heteroatoms. The number of pyridine rings is 2. The molecule has 0 aliphatic carbocycles. The third-order valence-corrected chi connectivity index (χ3v) is 6.69. The fourth-order valence-corrected chi connectivity index (χ4v) is 4.79. The number of halogens is 3. The van der Waals surface area contributed by atoms with E-state index in [1.165, 1.54) is 34.2 Å². The molecule has 4 aromatic heterocycles. The van der Waals surface area contributed by atoms with Gasteiger partial charge in [-0.3, -0.25) is 19.1 Å². The number of fused-ring (bicyclic) bond motifs is 3. The maximum atomic E-state index is 13.4. The summed E-state index contributed by atoms with van der Waals surface area (Å²) in [5, 5.41) is 5.50. The number of carbonyl (C=O) groups is 1. The van der Waals surface area contributed by atoms with Crippen molar-refractivity contribution in [2.24, 2.45) is 0 Å². The summed E-state index contributed by atoms with van der Waals surface area (Å²) in [6, 6.07) is 9.24. The zero-order chi connectivity index (χ0) is 25.6. The van der Waals surface area contributed by atoms with E-state index in [0.29, 0.717) is 22.0 Å². The molecule has 0 saturated heterocycles. The summed E-state index contributed by atoms with van der Waals surface area (Å²) in [4.78, 5) is 40.2. The van der Waals surface area contributed by atoms with Gasteiger partial charge in [0.05, 0.1) is 34.6 Å². The Morgan fingerprint density at radius 1 is 1.11 bits per heavy atom. The van der Waals surface area contributed by atoms with Crippen LogP contribution in [0.25, 0.3) is 27.6 Å². The summed E-state index contributed by atoms with van der Waals surface area (Å²) in [5.74, 6) is -0.477.